The normalized spacial score (nSPS) is 9.93. The lowest BCUT2D eigenvalue weighted by Crippen LogP contribution is -1.97. The van der Waals surface area contributed by atoms with Crippen LogP contribution < -0.4 is 0 Å². The van der Waals surface area contributed by atoms with Crippen molar-refractivity contribution in [2.75, 3.05) is 0 Å². The average Bonchev–Trinajstić information content (AvgIpc) is 2.10. The van der Waals surface area contributed by atoms with Crippen molar-refractivity contribution in [3.8, 4) is 0 Å². The van der Waals surface area contributed by atoms with E-state index in [0.29, 0.717) is 0 Å². The van der Waals surface area contributed by atoms with E-state index in [1.54, 1.807) is 0 Å². The van der Waals surface area contributed by atoms with Gasteiger partial charge >= 0.3 is 5.69 Å². The Morgan fingerprint density at radius 2 is 1.86 bits per heavy atom. The predicted molar refractivity (Wildman–Crippen MR) is 53.5 cm³/mol. The third-order valence-electron chi connectivity index (χ3n) is 1.48. The zero-order valence-corrected chi connectivity index (χ0v) is 8.73. The molecule has 0 radical (unpaired) electrons. The van der Waals surface area contributed by atoms with Gasteiger partial charge in [-0.15, -0.1) is 0 Å². The molecule has 0 atom stereocenters. The highest BCUT2D eigenvalue weighted by Crippen LogP contribution is 2.38. The van der Waals surface area contributed by atoms with Crippen LogP contribution in [-0.2, 0) is 0 Å². The van der Waals surface area contributed by atoms with Gasteiger partial charge in [-0.25, -0.2) is 0 Å². The summed E-state index contributed by atoms with van der Waals surface area (Å²) < 4.78 is 0. The minimum atomic E-state index is -0.802. The van der Waals surface area contributed by atoms with Gasteiger partial charge in [0.2, 0.25) is 0 Å². The quantitative estimate of drug-likeness (QED) is 0.352. The number of benzene rings is 1. The zero-order valence-electron chi connectivity index (χ0n) is 6.46. The molecule has 0 saturated carbocycles. The summed E-state index contributed by atoms with van der Waals surface area (Å²) in [6.45, 7) is 0. The van der Waals surface area contributed by atoms with E-state index in [4.69, 9.17) is 34.8 Å². The summed E-state index contributed by atoms with van der Waals surface area (Å²) in [4.78, 5) is 20.3. The summed E-state index contributed by atoms with van der Waals surface area (Å²) in [5.41, 5.74) is -0.842. The number of hydrogen-bond donors (Lipinski definition) is 0. The van der Waals surface area contributed by atoms with Gasteiger partial charge in [0.1, 0.15) is 10.6 Å². The smallest absolute Gasteiger partial charge is 0.298 e. The molecule has 14 heavy (non-hydrogen) atoms. The molecule has 0 unspecified atom stereocenters. The molecule has 1 aromatic carbocycles. The summed E-state index contributed by atoms with van der Waals surface area (Å²) >= 11 is 16.7. The van der Waals surface area contributed by atoms with Crippen molar-refractivity contribution in [1.29, 1.82) is 0 Å². The standard InChI is InChI=1S/C7H2Cl3NO3/c8-4-1-5(9)6(10)7(11(13)14)3(4)2-12/h1-2H. The van der Waals surface area contributed by atoms with Crippen molar-refractivity contribution in [3.05, 3.63) is 36.8 Å². The molecular weight excluding hydrogens is 252 g/mol. The Bertz CT molecular complexity index is 419. The molecule has 0 spiro atoms. The van der Waals surface area contributed by atoms with Crippen LogP contribution in [0.1, 0.15) is 10.4 Å². The van der Waals surface area contributed by atoms with Crippen molar-refractivity contribution < 1.29 is 9.72 Å². The number of halogens is 3. The first-order chi connectivity index (χ1) is 6.49. The highest BCUT2D eigenvalue weighted by Gasteiger charge is 2.24. The van der Waals surface area contributed by atoms with E-state index in [9.17, 15) is 14.9 Å². The van der Waals surface area contributed by atoms with Gasteiger partial charge in [-0.3, -0.25) is 14.9 Å². The van der Waals surface area contributed by atoms with E-state index in [1.165, 1.54) is 6.07 Å². The Morgan fingerprint density at radius 3 is 2.29 bits per heavy atom. The minimum Gasteiger partial charge on any atom is -0.298 e. The fourth-order valence-electron chi connectivity index (χ4n) is 0.887. The second kappa shape index (κ2) is 4.13. The Balaban J connectivity index is 3.64. The van der Waals surface area contributed by atoms with Crippen LogP contribution in [0.4, 0.5) is 5.69 Å². The van der Waals surface area contributed by atoms with Crippen LogP contribution in [0.3, 0.4) is 0 Å². The number of aldehydes is 1. The van der Waals surface area contributed by atoms with E-state index in [0.717, 1.165) is 0 Å². The first-order valence-corrected chi connectivity index (χ1v) is 4.39. The van der Waals surface area contributed by atoms with Gasteiger partial charge < -0.3 is 0 Å². The summed E-state index contributed by atoms with van der Waals surface area (Å²) in [7, 11) is 0. The van der Waals surface area contributed by atoms with Crippen molar-refractivity contribution in [3.63, 3.8) is 0 Å². The molecule has 0 heterocycles. The van der Waals surface area contributed by atoms with Crippen LogP contribution >= 0.6 is 34.8 Å². The topological polar surface area (TPSA) is 60.2 Å². The second-order valence-electron chi connectivity index (χ2n) is 2.29. The van der Waals surface area contributed by atoms with E-state index < -0.39 is 10.6 Å². The number of hydrogen-bond acceptors (Lipinski definition) is 3. The molecule has 0 N–H and O–H groups in total. The Kier molecular flexibility index (Phi) is 3.31. The van der Waals surface area contributed by atoms with Crippen molar-refractivity contribution >= 4 is 46.8 Å². The van der Waals surface area contributed by atoms with Crippen LogP contribution in [0.5, 0.6) is 0 Å². The number of nitrogens with zero attached hydrogens (tertiary/aromatic N) is 1. The number of nitro benzene ring substituents is 1. The molecule has 0 fully saturated rings. The molecule has 1 rings (SSSR count). The summed E-state index contributed by atoms with van der Waals surface area (Å²) in [6, 6.07) is 1.18. The van der Waals surface area contributed by atoms with Crippen LogP contribution in [0, 0.1) is 10.1 Å². The molecule has 7 heteroatoms. The molecule has 0 aliphatic heterocycles. The van der Waals surface area contributed by atoms with Crippen LogP contribution in [0.2, 0.25) is 15.1 Å². The number of rotatable bonds is 2. The molecule has 0 amide bonds. The molecular formula is C7H2Cl3NO3. The first kappa shape index (κ1) is 11.2. The fourth-order valence-corrected chi connectivity index (χ4v) is 1.61. The van der Waals surface area contributed by atoms with Gasteiger partial charge in [-0.05, 0) is 6.07 Å². The zero-order chi connectivity index (χ0) is 10.9. The highest BCUT2D eigenvalue weighted by molar-refractivity contribution is 6.45. The van der Waals surface area contributed by atoms with Crippen molar-refractivity contribution in [2.24, 2.45) is 0 Å². The van der Waals surface area contributed by atoms with Crippen LogP contribution in [0.25, 0.3) is 0 Å². The van der Waals surface area contributed by atoms with E-state index in [2.05, 4.69) is 0 Å². The molecule has 1 aromatic rings. The summed E-state index contributed by atoms with van der Waals surface area (Å²) in [6.07, 6.45) is 0.267. The fraction of sp³-hybridized carbons (Fsp3) is 0. The largest absolute Gasteiger partial charge is 0.301 e. The highest BCUT2D eigenvalue weighted by atomic mass is 35.5. The van der Waals surface area contributed by atoms with E-state index in [1.807, 2.05) is 0 Å². The SMILES string of the molecule is O=Cc1c(Cl)cc(Cl)c(Cl)c1[N+](=O)[O-]. The maximum atomic E-state index is 10.6. The molecule has 0 aliphatic carbocycles. The van der Waals surface area contributed by atoms with Gasteiger partial charge in [-0.2, -0.15) is 0 Å². The predicted octanol–water partition coefficient (Wildman–Crippen LogP) is 3.37. The molecule has 74 valence electrons. The van der Waals surface area contributed by atoms with Crippen LogP contribution in [0.15, 0.2) is 6.07 Å². The first-order valence-electron chi connectivity index (χ1n) is 3.26. The van der Waals surface area contributed by atoms with E-state index in [-0.39, 0.29) is 26.9 Å². The van der Waals surface area contributed by atoms with Gasteiger partial charge in [-0.1, -0.05) is 34.8 Å². The van der Waals surface area contributed by atoms with Gasteiger partial charge in [0.05, 0.1) is 15.0 Å². The van der Waals surface area contributed by atoms with E-state index >= 15 is 0 Å². The number of carbonyl (C=O) groups is 1. The lowest BCUT2D eigenvalue weighted by Gasteiger charge is -2.02. The second-order valence-corrected chi connectivity index (χ2v) is 3.48. The average molecular weight is 254 g/mol. The third-order valence-corrected chi connectivity index (χ3v) is 2.57. The molecule has 0 aliphatic rings. The molecule has 4 nitrogen and oxygen atoms in total. The van der Waals surface area contributed by atoms with Gasteiger partial charge in [0.15, 0.2) is 6.29 Å². The van der Waals surface area contributed by atoms with Crippen molar-refractivity contribution in [1.82, 2.24) is 0 Å². The van der Waals surface area contributed by atoms with Gasteiger partial charge in [0.25, 0.3) is 0 Å². The Morgan fingerprint density at radius 1 is 1.29 bits per heavy atom. The molecule has 0 bridgehead atoms. The number of carbonyl (C=O) groups excluding carboxylic acids is 1. The molecule has 0 saturated heterocycles. The lowest BCUT2D eigenvalue weighted by atomic mass is 10.2. The third kappa shape index (κ3) is 1.82. The van der Waals surface area contributed by atoms with Crippen molar-refractivity contribution in [2.45, 2.75) is 0 Å². The summed E-state index contributed by atoms with van der Waals surface area (Å²) in [5.74, 6) is 0. The maximum absolute atomic E-state index is 10.6. The lowest BCUT2D eigenvalue weighted by molar-refractivity contribution is -0.384. The molecule has 0 aromatic heterocycles. The van der Waals surface area contributed by atoms with Crippen LogP contribution in [-0.4, -0.2) is 11.2 Å². The Hall–Kier alpha value is -0.840. The maximum Gasteiger partial charge on any atom is 0.301 e. The monoisotopic (exact) mass is 253 g/mol. The number of nitro groups is 1. The summed E-state index contributed by atoms with van der Waals surface area (Å²) in [5, 5.41) is 10.1. The van der Waals surface area contributed by atoms with Gasteiger partial charge in [0, 0.05) is 0 Å². The minimum absolute atomic E-state index is 0.0611. The Labute approximate surface area is 93.5 Å².